The first-order chi connectivity index (χ1) is 14.5. The van der Waals surface area contributed by atoms with Crippen molar-refractivity contribution < 1.29 is 28.6 Å². The molecule has 2 heterocycles. The van der Waals surface area contributed by atoms with E-state index in [0.29, 0.717) is 36.1 Å². The topological polar surface area (TPSA) is 94.2 Å². The fourth-order valence-corrected chi connectivity index (χ4v) is 3.40. The maximum absolute atomic E-state index is 12.5. The maximum Gasteiger partial charge on any atom is 0.312 e. The van der Waals surface area contributed by atoms with Gasteiger partial charge in [0.2, 0.25) is 5.91 Å². The Morgan fingerprint density at radius 3 is 2.60 bits per heavy atom. The highest BCUT2D eigenvalue weighted by atomic mass is 16.6. The van der Waals surface area contributed by atoms with Crippen molar-refractivity contribution >= 4 is 29.2 Å². The van der Waals surface area contributed by atoms with Crippen LogP contribution in [0.2, 0.25) is 0 Å². The number of hydrogen-bond acceptors (Lipinski definition) is 6. The van der Waals surface area contributed by atoms with Gasteiger partial charge >= 0.3 is 5.97 Å². The first kappa shape index (κ1) is 19.8. The van der Waals surface area contributed by atoms with Gasteiger partial charge in [-0.2, -0.15) is 0 Å². The highest BCUT2D eigenvalue weighted by molar-refractivity contribution is 6.00. The van der Waals surface area contributed by atoms with E-state index in [9.17, 15) is 14.4 Å². The number of fused-ring (bicyclic) bond motifs is 1. The van der Waals surface area contributed by atoms with Gasteiger partial charge in [-0.05, 0) is 31.2 Å². The van der Waals surface area contributed by atoms with Crippen LogP contribution in [0.15, 0.2) is 48.5 Å². The van der Waals surface area contributed by atoms with Gasteiger partial charge in [-0.1, -0.05) is 18.2 Å². The molecule has 2 aliphatic heterocycles. The second-order valence-corrected chi connectivity index (χ2v) is 7.17. The second-order valence-electron chi connectivity index (χ2n) is 7.17. The quantitative estimate of drug-likeness (QED) is 0.761. The Balaban J connectivity index is 1.36. The van der Waals surface area contributed by atoms with Gasteiger partial charge in [0.15, 0.2) is 17.6 Å². The van der Waals surface area contributed by atoms with Crippen molar-refractivity contribution in [1.82, 2.24) is 0 Å². The van der Waals surface area contributed by atoms with E-state index in [4.69, 9.17) is 14.2 Å². The molecule has 2 aromatic rings. The third-order valence-corrected chi connectivity index (χ3v) is 5.00. The Labute approximate surface area is 173 Å². The summed E-state index contributed by atoms with van der Waals surface area (Å²) in [6.07, 6.45) is -0.948. The minimum Gasteiger partial charge on any atom is -0.486 e. The lowest BCUT2D eigenvalue weighted by atomic mass is 10.1. The van der Waals surface area contributed by atoms with Crippen LogP contribution in [0, 0.1) is 5.92 Å². The monoisotopic (exact) mass is 410 g/mol. The van der Waals surface area contributed by atoms with Crippen LogP contribution in [0.1, 0.15) is 13.3 Å². The molecule has 0 spiro atoms. The number of amides is 2. The van der Waals surface area contributed by atoms with Crippen molar-refractivity contribution in [2.45, 2.75) is 19.4 Å². The number of anilines is 2. The Bertz CT molecular complexity index is 961. The number of ether oxygens (including phenoxy) is 3. The van der Waals surface area contributed by atoms with Crippen LogP contribution in [-0.4, -0.2) is 43.6 Å². The van der Waals surface area contributed by atoms with E-state index in [0.717, 1.165) is 0 Å². The number of carbonyl (C=O) groups excluding carboxylic acids is 3. The summed E-state index contributed by atoms with van der Waals surface area (Å²) >= 11 is 0. The van der Waals surface area contributed by atoms with Crippen molar-refractivity contribution in [2.24, 2.45) is 5.92 Å². The molecule has 0 unspecified atom stereocenters. The number of esters is 1. The van der Waals surface area contributed by atoms with E-state index in [1.807, 2.05) is 6.07 Å². The van der Waals surface area contributed by atoms with Crippen LogP contribution >= 0.6 is 0 Å². The van der Waals surface area contributed by atoms with Crippen molar-refractivity contribution in [3.05, 3.63) is 48.5 Å². The van der Waals surface area contributed by atoms with E-state index >= 15 is 0 Å². The number of nitrogens with one attached hydrogen (secondary N) is 1. The van der Waals surface area contributed by atoms with Gasteiger partial charge in [0.1, 0.15) is 13.2 Å². The van der Waals surface area contributed by atoms with Gasteiger partial charge in [-0.25, -0.2) is 0 Å². The Morgan fingerprint density at radius 1 is 1.10 bits per heavy atom. The first-order valence-corrected chi connectivity index (χ1v) is 9.77. The van der Waals surface area contributed by atoms with Gasteiger partial charge in [0.05, 0.1) is 5.92 Å². The van der Waals surface area contributed by atoms with Crippen molar-refractivity contribution in [3.63, 3.8) is 0 Å². The highest BCUT2D eigenvalue weighted by Gasteiger charge is 2.37. The number of hydrogen-bond donors (Lipinski definition) is 1. The van der Waals surface area contributed by atoms with Gasteiger partial charge in [0.25, 0.3) is 5.91 Å². The van der Waals surface area contributed by atoms with Crippen molar-refractivity contribution in [3.8, 4) is 11.5 Å². The lowest BCUT2D eigenvalue weighted by Gasteiger charge is -2.22. The Kier molecular flexibility index (Phi) is 5.56. The van der Waals surface area contributed by atoms with E-state index in [1.165, 1.54) is 11.8 Å². The largest absolute Gasteiger partial charge is 0.486 e. The summed E-state index contributed by atoms with van der Waals surface area (Å²) in [6.45, 7) is 2.62. The minimum atomic E-state index is -0.976. The number of nitrogens with zero attached hydrogens (tertiary/aromatic N) is 1. The number of rotatable bonds is 5. The second kappa shape index (κ2) is 8.44. The molecule has 8 heteroatoms. The van der Waals surface area contributed by atoms with Gasteiger partial charge < -0.3 is 24.4 Å². The predicted octanol–water partition coefficient (Wildman–Crippen LogP) is 2.38. The summed E-state index contributed by atoms with van der Waals surface area (Å²) in [4.78, 5) is 38.8. The number of carbonyl (C=O) groups is 3. The molecule has 1 fully saturated rings. The maximum atomic E-state index is 12.5. The lowest BCUT2D eigenvalue weighted by Crippen LogP contribution is -2.33. The molecule has 2 aliphatic rings. The van der Waals surface area contributed by atoms with Crippen LogP contribution in [0.25, 0.3) is 0 Å². The first-order valence-electron chi connectivity index (χ1n) is 9.77. The summed E-state index contributed by atoms with van der Waals surface area (Å²) in [6, 6.07) is 14.2. The van der Waals surface area contributed by atoms with E-state index in [1.54, 1.807) is 42.5 Å². The Morgan fingerprint density at radius 2 is 1.83 bits per heavy atom. The third-order valence-electron chi connectivity index (χ3n) is 5.00. The normalized spacial score (nSPS) is 18.6. The lowest BCUT2D eigenvalue weighted by molar-refractivity contribution is -0.157. The fourth-order valence-electron chi connectivity index (χ4n) is 3.40. The summed E-state index contributed by atoms with van der Waals surface area (Å²) in [5, 5.41) is 2.69. The molecule has 1 N–H and O–H groups in total. The molecule has 0 saturated carbocycles. The van der Waals surface area contributed by atoms with Gasteiger partial charge in [-0.15, -0.1) is 0 Å². The number of para-hydroxylation sites is 1. The molecule has 0 radical (unpaired) electrons. The zero-order valence-electron chi connectivity index (χ0n) is 16.5. The standard InChI is InChI=1S/C22H22N2O6/c1-14(21(26)23-16-5-3-2-4-6-16)30-22(27)15-11-20(25)24(13-15)17-7-8-18-19(12-17)29-10-9-28-18/h2-8,12,14-15H,9-11,13H2,1H3,(H,23,26)/t14-,15-/m0/s1. The summed E-state index contributed by atoms with van der Waals surface area (Å²) in [5.41, 5.74) is 1.25. The minimum absolute atomic E-state index is 0.0281. The molecule has 2 aromatic carbocycles. The molecular weight excluding hydrogens is 388 g/mol. The molecule has 4 rings (SSSR count). The molecule has 8 nitrogen and oxygen atoms in total. The van der Waals surface area contributed by atoms with Gasteiger partial charge in [-0.3, -0.25) is 14.4 Å². The van der Waals surface area contributed by atoms with Crippen LogP contribution in [0.5, 0.6) is 11.5 Å². The van der Waals surface area contributed by atoms with Crippen molar-refractivity contribution in [2.75, 3.05) is 30.0 Å². The SMILES string of the molecule is C[C@H](OC(=O)[C@H]1CC(=O)N(c2ccc3c(c2)OCCO3)C1)C(=O)Nc1ccccc1. The summed E-state index contributed by atoms with van der Waals surface area (Å²) in [7, 11) is 0. The van der Waals surface area contributed by atoms with Gasteiger partial charge in [0, 0.05) is 30.4 Å². The molecule has 30 heavy (non-hydrogen) atoms. The molecule has 0 aliphatic carbocycles. The smallest absolute Gasteiger partial charge is 0.312 e. The van der Waals surface area contributed by atoms with E-state index in [-0.39, 0.29) is 18.9 Å². The van der Waals surface area contributed by atoms with Crippen LogP contribution in [0.3, 0.4) is 0 Å². The van der Waals surface area contributed by atoms with Crippen LogP contribution < -0.4 is 19.7 Å². The molecule has 0 aromatic heterocycles. The predicted molar refractivity (Wildman–Crippen MR) is 109 cm³/mol. The number of benzene rings is 2. The third kappa shape index (κ3) is 4.22. The van der Waals surface area contributed by atoms with Crippen LogP contribution in [0.4, 0.5) is 11.4 Å². The molecule has 2 amide bonds. The van der Waals surface area contributed by atoms with E-state index in [2.05, 4.69) is 5.32 Å². The molecule has 2 atom stereocenters. The summed E-state index contributed by atoms with van der Waals surface area (Å²) < 4.78 is 16.4. The zero-order valence-corrected chi connectivity index (χ0v) is 16.5. The highest BCUT2D eigenvalue weighted by Crippen LogP contribution is 2.36. The molecular formula is C22H22N2O6. The summed E-state index contributed by atoms with van der Waals surface area (Å²) in [5.74, 6) is -0.621. The van der Waals surface area contributed by atoms with E-state index < -0.39 is 23.9 Å². The average molecular weight is 410 g/mol. The fraction of sp³-hybridized carbons (Fsp3) is 0.318. The van der Waals surface area contributed by atoms with Crippen LogP contribution in [-0.2, 0) is 19.1 Å². The Hall–Kier alpha value is -3.55. The zero-order chi connectivity index (χ0) is 21.1. The molecule has 1 saturated heterocycles. The molecule has 0 bridgehead atoms. The molecule has 156 valence electrons. The average Bonchev–Trinajstić information content (AvgIpc) is 3.16. The van der Waals surface area contributed by atoms with Crippen molar-refractivity contribution in [1.29, 1.82) is 0 Å².